The van der Waals surface area contributed by atoms with Crippen LogP contribution in [0.5, 0.6) is 0 Å². The van der Waals surface area contributed by atoms with Crippen molar-refractivity contribution in [2.24, 2.45) is 10.9 Å². The molecule has 1 fully saturated rings. The van der Waals surface area contributed by atoms with Crippen molar-refractivity contribution in [1.82, 2.24) is 20.2 Å². The summed E-state index contributed by atoms with van der Waals surface area (Å²) in [6, 6.07) is 0.852. The van der Waals surface area contributed by atoms with Gasteiger partial charge in [0.15, 0.2) is 5.96 Å². The maximum absolute atomic E-state index is 12.6. The fourth-order valence-electron chi connectivity index (χ4n) is 2.55. The summed E-state index contributed by atoms with van der Waals surface area (Å²) in [5, 5.41) is 6.61. The largest absolute Gasteiger partial charge is 0.433 e. The molecule has 2 heterocycles. The van der Waals surface area contributed by atoms with Gasteiger partial charge < -0.3 is 15.5 Å². The molecule has 1 aliphatic heterocycles. The first-order chi connectivity index (χ1) is 12.3. The van der Waals surface area contributed by atoms with Gasteiger partial charge in [-0.1, -0.05) is 13.8 Å². The highest BCUT2D eigenvalue weighted by Crippen LogP contribution is 2.27. The van der Waals surface area contributed by atoms with Gasteiger partial charge in [-0.3, -0.25) is 4.99 Å². The van der Waals surface area contributed by atoms with Crippen LogP contribution in [0, 0.1) is 5.92 Å². The maximum atomic E-state index is 12.6. The van der Waals surface area contributed by atoms with Crippen LogP contribution >= 0.6 is 35.7 Å². The molecule has 1 aromatic heterocycles. The minimum absolute atomic E-state index is 0. The fraction of sp³-hybridized carbons (Fsp3) is 0.688. The van der Waals surface area contributed by atoms with E-state index >= 15 is 0 Å². The minimum atomic E-state index is -4.47. The molecule has 1 unspecified atom stereocenters. The van der Waals surface area contributed by atoms with Crippen LogP contribution in [0.1, 0.15) is 19.5 Å². The first kappa shape index (κ1) is 24.1. The molecule has 1 atom stereocenters. The van der Waals surface area contributed by atoms with Crippen LogP contribution in [-0.2, 0) is 6.18 Å². The number of hydrogen-bond acceptors (Lipinski definition) is 5. The van der Waals surface area contributed by atoms with E-state index in [4.69, 9.17) is 0 Å². The number of thioether (sulfide) groups is 1. The molecule has 27 heavy (non-hydrogen) atoms. The summed E-state index contributed by atoms with van der Waals surface area (Å²) in [4.78, 5) is 13.8. The first-order valence-electron chi connectivity index (χ1n) is 8.52. The third kappa shape index (κ3) is 7.51. The molecule has 2 rings (SSSR count). The Bertz CT molecular complexity index is 614. The number of anilines is 1. The van der Waals surface area contributed by atoms with Crippen molar-refractivity contribution in [2.45, 2.75) is 25.3 Å². The van der Waals surface area contributed by atoms with Crippen LogP contribution < -0.4 is 10.6 Å². The summed E-state index contributed by atoms with van der Waals surface area (Å²) in [5.74, 6) is 2.43. The SMILES string of the molecule is CN=C(NCCNc1nccc(C(F)(F)F)n1)N1CCSC(C(C)C)C1.I. The van der Waals surface area contributed by atoms with E-state index in [1.54, 1.807) is 7.05 Å². The van der Waals surface area contributed by atoms with Crippen LogP contribution in [0.2, 0.25) is 0 Å². The van der Waals surface area contributed by atoms with Gasteiger partial charge in [0.05, 0.1) is 0 Å². The van der Waals surface area contributed by atoms with Gasteiger partial charge in [0.25, 0.3) is 0 Å². The second kappa shape index (κ2) is 11.1. The van der Waals surface area contributed by atoms with Crippen molar-refractivity contribution in [2.75, 3.05) is 44.3 Å². The molecule has 0 bridgehead atoms. The topological polar surface area (TPSA) is 65.4 Å². The Morgan fingerprint density at radius 2 is 2.15 bits per heavy atom. The molecule has 0 aliphatic carbocycles. The van der Waals surface area contributed by atoms with Crippen LogP contribution in [0.4, 0.5) is 19.1 Å². The molecule has 11 heteroatoms. The van der Waals surface area contributed by atoms with Gasteiger partial charge in [0.2, 0.25) is 5.95 Å². The second-order valence-corrected chi connectivity index (χ2v) is 7.61. The Hall–Kier alpha value is -0.980. The maximum Gasteiger partial charge on any atom is 0.433 e. The van der Waals surface area contributed by atoms with E-state index in [1.807, 2.05) is 11.8 Å². The number of nitrogens with one attached hydrogen (secondary N) is 2. The molecular formula is C16H26F3IN6S. The molecule has 0 aromatic carbocycles. The van der Waals surface area contributed by atoms with Crippen LogP contribution in [0.3, 0.4) is 0 Å². The minimum Gasteiger partial charge on any atom is -0.354 e. The lowest BCUT2D eigenvalue weighted by Gasteiger charge is -2.36. The van der Waals surface area contributed by atoms with Gasteiger partial charge >= 0.3 is 6.18 Å². The number of hydrogen-bond donors (Lipinski definition) is 2. The van der Waals surface area contributed by atoms with Crippen molar-refractivity contribution < 1.29 is 13.2 Å². The van der Waals surface area contributed by atoms with Crippen LogP contribution in [0.15, 0.2) is 17.3 Å². The Kier molecular flexibility index (Phi) is 9.91. The zero-order valence-electron chi connectivity index (χ0n) is 15.6. The quantitative estimate of drug-likeness (QED) is 0.270. The van der Waals surface area contributed by atoms with Gasteiger partial charge in [0.1, 0.15) is 5.69 Å². The highest BCUT2D eigenvalue weighted by atomic mass is 127. The molecule has 1 aromatic rings. The number of aromatic nitrogens is 2. The number of alkyl halides is 3. The lowest BCUT2D eigenvalue weighted by atomic mass is 10.1. The van der Waals surface area contributed by atoms with Crippen molar-refractivity contribution in [3.05, 3.63) is 18.0 Å². The van der Waals surface area contributed by atoms with Crippen LogP contribution in [0.25, 0.3) is 0 Å². The van der Waals surface area contributed by atoms with E-state index in [-0.39, 0.29) is 29.9 Å². The lowest BCUT2D eigenvalue weighted by Crippen LogP contribution is -2.49. The van der Waals surface area contributed by atoms with Gasteiger partial charge in [-0.25, -0.2) is 9.97 Å². The normalized spacial score (nSPS) is 18.3. The summed E-state index contributed by atoms with van der Waals surface area (Å²) in [6.45, 7) is 7.19. The molecule has 1 saturated heterocycles. The Balaban J connectivity index is 0.00000364. The molecular weight excluding hydrogens is 492 g/mol. The number of rotatable bonds is 5. The molecule has 1 aliphatic rings. The Morgan fingerprint density at radius 3 is 2.78 bits per heavy atom. The Labute approximate surface area is 179 Å². The van der Waals surface area contributed by atoms with E-state index < -0.39 is 11.9 Å². The van der Waals surface area contributed by atoms with E-state index in [0.717, 1.165) is 37.1 Å². The van der Waals surface area contributed by atoms with E-state index in [2.05, 4.69) is 44.3 Å². The van der Waals surface area contributed by atoms with Crippen molar-refractivity contribution >= 4 is 47.6 Å². The first-order valence-corrected chi connectivity index (χ1v) is 9.57. The molecule has 0 saturated carbocycles. The zero-order valence-corrected chi connectivity index (χ0v) is 18.7. The summed E-state index contributed by atoms with van der Waals surface area (Å²) in [7, 11) is 1.73. The standard InChI is InChI=1S/C16H25F3N6S.HI/c1-11(2)12-10-25(8-9-26-12)15(20-3)23-7-6-22-14-21-5-4-13(24-14)16(17,18)19;/h4-5,11-12H,6-10H2,1-3H3,(H,20,23)(H,21,22,24);1H. The summed E-state index contributed by atoms with van der Waals surface area (Å²) in [6.07, 6.45) is -3.37. The van der Waals surface area contributed by atoms with Crippen LogP contribution in [-0.4, -0.2) is 65.1 Å². The second-order valence-electron chi connectivity index (χ2n) is 6.26. The predicted octanol–water partition coefficient (Wildman–Crippen LogP) is 3.17. The van der Waals surface area contributed by atoms with Gasteiger partial charge in [-0.05, 0) is 12.0 Å². The summed E-state index contributed by atoms with van der Waals surface area (Å²) in [5.41, 5.74) is -0.954. The number of halogens is 4. The third-order valence-corrected chi connectivity index (χ3v) is 5.53. The smallest absolute Gasteiger partial charge is 0.354 e. The summed E-state index contributed by atoms with van der Waals surface area (Å²) < 4.78 is 37.9. The number of guanidine groups is 1. The molecule has 0 spiro atoms. The highest BCUT2D eigenvalue weighted by Gasteiger charge is 2.32. The van der Waals surface area contributed by atoms with Gasteiger partial charge in [0, 0.05) is 50.4 Å². The average Bonchev–Trinajstić information content (AvgIpc) is 2.61. The molecule has 0 radical (unpaired) electrons. The molecule has 6 nitrogen and oxygen atoms in total. The van der Waals surface area contributed by atoms with E-state index in [1.165, 1.54) is 0 Å². The monoisotopic (exact) mass is 518 g/mol. The molecule has 2 N–H and O–H groups in total. The van der Waals surface area contributed by atoms with E-state index in [9.17, 15) is 13.2 Å². The molecule has 0 amide bonds. The van der Waals surface area contributed by atoms with Gasteiger partial charge in [-0.2, -0.15) is 24.9 Å². The third-order valence-electron chi connectivity index (χ3n) is 3.99. The summed E-state index contributed by atoms with van der Waals surface area (Å²) >= 11 is 1.99. The Morgan fingerprint density at radius 1 is 1.41 bits per heavy atom. The number of aliphatic imine (C=N–C) groups is 1. The fourth-order valence-corrected chi connectivity index (χ4v) is 3.85. The van der Waals surface area contributed by atoms with Crippen molar-refractivity contribution in [1.29, 1.82) is 0 Å². The predicted molar refractivity (Wildman–Crippen MR) is 115 cm³/mol. The van der Waals surface area contributed by atoms with Crippen molar-refractivity contribution in [3.63, 3.8) is 0 Å². The van der Waals surface area contributed by atoms with Crippen molar-refractivity contribution in [3.8, 4) is 0 Å². The highest BCUT2D eigenvalue weighted by molar-refractivity contribution is 14.0. The zero-order chi connectivity index (χ0) is 19.2. The molecule has 154 valence electrons. The lowest BCUT2D eigenvalue weighted by molar-refractivity contribution is -0.141. The van der Waals surface area contributed by atoms with E-state index in [0.29, 0.717) is 24.3 Å². The average molecular weight is 518 g/mol. The number of nitrogens with zero attached hydrogens (tertiary/aromatic N) is 4. The van der Waals surface area contributed by atoms with Gasteiger partial charge in [-0.15, -0.1) is 24.0 Å².